The highest BCUT2D eigenvalue weighted by atomic mass is 31.2. The molecule has 0 saturated heterocycles. The lowest BCUT2D eigenvalue weighted by Crippen LogP contribution is -1.71. The molecule has 0 N–H and O–H groups in total. The van der Waals surface area contributed by atoms with Gasteiger partial charge in [-0.1, -0.05) is 6.92 Å². The Labute approximate surface area is 55.3 Å². The van der Waals surface area contributed by atoms with Gasteiger partial charge in [-0.3, -0.25) is 0 Å². The maximum absolute atomic E-state index is 12.3. The average molecular weight is 150 g/mol. The van der Waals surface area contributed by atoms with Crippen molar-refractivity contribution in [3.05, 3.63) is 11.6 Å². The van der Waals surface area contributed by atoms with Crippen molar-refractivity contribution in [1.82, 2.24) is 0 Å². The summed E-state index contributed by atoms with van der Waals surface area (Å²) in [5.41, 5.74) is 0. The first-order valence-electron chi connectivity index (χ1n) is 2.87. The highest BCUT2D eigenvalue weighted by Gasteiger charge is 2.02. The zero-order chi connectivity index (χ0) is 7.49. The molecule has 0 atom stereocenters. The summed E-state index contributed by atoms with van der Waals surface area (Å²) in [6.07, 6.45) is 0.339. The molecule has 9 heavy (non-hydrogen) atoms. The van der Waals surface area contributed by atoms with Gasteiger partial charge in [0.05, 0.1) is 0 Å². The predicted octanol–water partition coefficient (Wildman–Crippen LogP) is 2.83. The Morgan fingerprint density at radius 1 is 1.67 bits per heavy atom. The topological polar surface area (TPSA) is 17.1 Å². The molecule has 0 amide bonds. The van der Waals surface area contributed by atoms with Crippen LogP contribution in [0.1, 0.15) is 13.3 Å². The van der Waals surface area contributed by atoms with Gasteiger partial charge in [-0.2, -0.15) is 0 Å². The van der Waals surface area contributed by atoms with Gasteiger partial charge in [0, 0.05) is 5.82 Å². The number of hydrogen-bond acceptors (Lipinski definition) is 1. The van der Waals surface area contributed by atoms with Gasteiger partial charge in [-0.05, 0) is 19.8 Å². The third-order valence-corrected chi connectivity index (χ3v) is 1.69. The number of allylic oxidation sites excluding steroid dienone is 1. The molecule has 0 aliphatic rings. The van der Waals surface area contributed by atoms with Crippen LogP contribution < -0.4 is 0 Å². The van der Waals surface area contributed by atoms with E-state index in [0.29, 0.717) is 6.42 Å². The maximum Gasteiger partial charge on any atom is 0.105 e. The Hall–Kier alpha value is -0.100. The van der Waals surface area contributed by atoms with E-state index in [0.717, 1.165) is 0 Å². The van der Waals surface area contributed by atoms with E-state index in [4.69, 9.17) is 0 Å². The number of halogens is 1. The van der Waals surface area contributed by atoms with E-state index in [2.05, 4.69) is 0 Å². The van der Waals surface area contributed by atoms with Crippen LogP contribution in [0.25, 0.3) is 0 Å². The van der Waals surface area contributed by atoms with Crippen molar-refractivity contribution >= 4 is 7.14 Å². The zero-order valence-electron chi connectivity index (χ0n) is 6.02. The van der Waals surface area contributed by atoms with Crippen molar-refractivity contribution in [1.29, 1.82) is 0 Å². The average Bonchev–Trinajstić information content (AvgIpc) is 1.62. The lowest BCUT2D eigenvalue weighted by atomic mass is 10.5. The van der Waals surface area contributed by atoms with Gasteiger partial charge in [0.25, 0.3) is 0 Å². The minimum atomic E-state index is -2.28. The maximum atomic E-state index is 12.3. The van der Waals surface area contributed by atoms with Crippen molar-refractivity contribution in [3.63, 3.8) is 0 Å². The van der Waals surface area contributed by atoms with E-state index in [1.165, 1.54) is 5.82 Å². The molecule has 0 aliphatic carbocycles. The van der Waals surface area contributed by atoms with Crippen LogP contribution in [0.15, 0.2) is 11.6 Å². The molecule has 0 unspecified atom stereocenters. The molecule has 3 heteroatoms. The Kier molecular flexibility index (Phi) is 3.13. The fourth-order valence-electron chi connectivity index (χ4n) is 0.429. The molecular weight excluding hydrogens is 138 g/mol. The minimum absolute atomic E-state index is 0.275. The Balaban J connectivity index is 4.13. The molecule has 0 spiro atoms. The monoisotopic (exact) mass is 150 g/mol. The summed E-state index contributed by atoms with van der Waals surface area (Å²) < 4.78 is 23.2. The summed E-state index contributed by atoms with van der Waals surface area (Å²) in [5.74, 6) is 0.941. The van der Waals surface area contributed by atoms with E-state index >= 15 is 0 Å². The predicted molar refractivity (Wildman–Crippen MR) is 38.9 cm³/mol. The van der Waals surface area contributed by atoms with Crippen LogP contribution in [0.4, 0.5) is 4.39 Å². The van der Waals surface area contributed by atoms with Gasteiger partial charge in [0.15, 0.2) is 0 Å². The molecule has 0 aliphatic heterocycles. The highest BCUT2D eigenvalue weighted by Crippen LogP contribution is 2.39. The highest BCUT2D eigenvalue weighted by molar-refractivity contribution is 7.65. The summed E-state index contributed by atoms with van der Waals surface area (Å²) in [6, 6.07) is 0. The smallest absolute Gasteiger partial charge is 0.105 e. The van der Waals surface area contributed by atoms with Crippen LogP contribution in [-0.2, 0) is 4.57 Å². The van der Waals surface area contributed by atoms with Crippen LogP contribution in [0, 0.1) is 0 Å². The van der Waals surface area contributed by atoms with Gasteiger partial charge >= 0.3 is 0 Å². The van der Waals surface area contributed by atoms with Crippen LogP contribution >= 0.6 is 7.14 Å². The first-order chi connectivity index (χ1) is 3.95. The molecule has 0 rings (SSSR count). The lowest BCUT2D eigenvalue weighted by Gasteiger charge is -1.96. The van der Waals surface area contributed by atoms with Gasteiger partial charge in [-0.25, -0.2) is 4.39 Å². The van der Waals surface area contributed by atoms with Crippen molar-refractivity contribution in [2.24, 2.45) is 0 Å². The molecule has 0 aromatic heterocycles. The van der Waals surface area contributed by atoms with Crippen molar-refractivity contribution in [2.75, 3.05) is 13.3 Å². The molecule has 0 fully saturated rings. The van der Waals surface area contributed by atoms with Crippen molar-refractivity contribution in [2.45, 2.75) is 13.3 Å². The Morgan fingerprint density at radius 2 is 2.11 bits per heavy atom. The first-order valence-corrected chi connectivity index (χ1v) is 5.54. The summed E-state index contributed by atoms with van der Waals surface area (Å²) >= 11 is 0. The molecule has 0 heterocycles. The molecule has 0 bridgehead atoms. The second kappa shape index (κ2) is 3.17. The van der Waals surface area contributed by atoms with Crippen LogP contribution in [-0.4, -0.2) is 13.3 Å². The van der Waals surface area contributed by atoms with E-state index in [-0.39, 0.29) is 5.83 Å². The fraction of sp³-hybridized carbons (Fsp3) is 0.667. The quantitative estimate of drug-likeness (QED) is 0.553. The number of hydrogen-bond donors (Lipinski definition) is 0. The SMILES string of the molecule is CC/C(F)=C/P(C)(C)=O. The van der Waals surface area contributed by atoms with Crippen molar-refractivity contribution in [3.8, 4) is 0 Å². The molecule has 54 valence electrons. The Morgan fingerprint density at radius 3 is 2.22 bits per heavy atom. The third-order valence-electron chi connectivity index (χ3n) is 0.789. The molecule has 0 saturated carbocycles. The van der Waals surface area contributed by atoms with Gasteiger partial charge < -0.3 is 4.57 Å². The van der Waals surface area contributed by atoms with Crippen molar-refractivity contribution < 1.29 is 8.96 Å². The van der Waals surface area contributed by atoms with E-state index in [9.17, 15) is 8.96 Å². The summed E-state index contributed by atoms with van der Waals surface area (Å²) in [4.78, 5) is 0. The standard InChI is InChI=1S/C6H12FOP/c1-4-6(7)5-9(2,3)8/h5H,4H2,1-3H3/b6-5-. The van der Waals surface area contributed by atoms with Gasteiger partial charge in [-0.15, -0.1) is 0 Å². The van der Waals surface area contributed by atoms with Crippen LogP contribution in [0.5, 0.6) is 0 Å². The molecule has 0 radical (unpaired) electrons. The summed E-state index contributed by atoms with van der Waals surface area (Å²) in [7, 11) is -2.28. The first kappa shape index (κ1) is 8.90. The molecule has 0 aromatic carbocycles. The van der Waals surface area contributed by atoms with E-state index < -0.39 is 7.14 Å². The molecule has 0 aromatic rings. The second-order valence-electron chi connectivity index (χ2n) is 2.36. The molecular formula is C6H12FOP. The lowest BCUT2D eigenvalue weighted by molar-refractivity contribution is 0.581. The normalized spacial score (nSPS) is 14.0. The summed E-state index contributed by atoms with van der Waals surface area (Å²) in [5, 5.41) is 0. The van der Waals surface area contributed by atoms with E-state index in [1.54, 1.807) is 20.3 Å². The van der Waals surface area contributed by atoms with Gasteiger partial charge in [0.2, 0.25) is 0 Å². The van der Waals surface area contributed by atoms with Crippen LogP contribution in [0.3, 0.4) is 0 Å². The molecule has 1 nitrogen and oxygen atoms in total. The minimum Gasteiger partial charge on any atom is -0.320 e. The Bertz CT molecular complexity index is 156. The fourth-order valence-corrected chi connectivity index (χ4v) is 1.29. The zero-order valence-corrected chi connectivity index (χ0v) is 6.91. The van der Waals surface area contributed by atoms with E-state index in [1.807, 2.05) is 0 Å². The second-order valence-corrected chi connectivity index (χ2v) is 5.49. The summed E-state index contributed by atoms with van der Waals surface area (Å²) in [6.45, 7) is 4.78. The largest absolute Gasteiger partial charge is 0.320 e. The number of rotatable bonds is 2. The van der Waals surface area contributed by atoms with Gasteiger partial charge in [0.1, 0.15) is 13.0 Å². The third kappa shape index (κ3) is 5.78. The van der Waals surface area contributed by atoms with Crippen LogP contribution in [0.2, 0.25) is 0 Å².